The van der Waals surface area contributed by atoms with Crippen molar-refractivity contribution in [2.75, 3.05) is 6.79 Å². The normalized spacial score (nSPS) is 13.8. The lowest BCUT2D eigenvalue weighted by atomic mass is 10.1. The Bertz CT molecular complexity index is 839. The number of rotatable bonds is 3. The van der Waals surface area contributed by atoms with Crippen LogP contribution in [0.5, 0.6) is 11.5 Å². The molecule has 0 bridgehead atoms. The standard InChI is InChI=1S/C16H16N2O3S/c1-4-5-18-11-7-12-13(21-9-20-12)8-14(11)22-16(18)17-15(19)6-10(2)3/h1,7-8,10H,5-6,9H2,2-3H3. The summed E-state index contributed by atoms with van der Waals surface area (Å²) < 4.78 is 13.6. The maximum atomic E-state index is 12.0. The molecule has 6 heteroatoms. The number of aromatic nitrogens is 1. The molecule has 1 amide bonds. The van der Waals surface area contributed by atoms with Crippen molar-refractivity contribution in [3.05, 3.63) is 16.9 Å². The van der Waals surface area contributed by atoms with Crippen molar-refractivity contribution >= 4 is 27.5 Å². The van der Waals surface area contributed by atoms with Crippen molar-refractivity contribution in [2.24, 2.45) is 10.9 Å². The van der Waals surface area contributed by atoms with Crippen LogP contribution in [0.15, 0.2) is 17.1 Å². The highest BCUT2D eigenvalue weighted by molar-refractivity contribution is 7.16. The van der Waals surface area contributed by atoms with E-state index in [9.17, 15) is 4.79 Å². The van der Waals surface area contributed by atoms with Crippen molar-refractivity contribution in [1.82, 2.24) is 4.57 Å². The third-order valence-corrected chi connectivity index (χ3v) is 4.27. The van der Waals surface area contributed by atoms with Crippen molar-refractivity contribution in [1.29, 1.82) is 0 Å². The first-order valence-electron chi connectivity index (χ1n) is 7.02. The van der Waals surface area contributed by atoms with Gasteiger partial charge in [-0.15, -0.1) is 6.42 Å². The predicted molar refractivity (Wildman–Crippen MR) is 84.8 cm³/mol. The van der Waals surface area contributed by atoms with Crippen LogP contribution in [0.2, 0.25) is 0 Å². The molecule has 0 N–H and O–H groups in total. The molecule has 2 aromatic rings. The van der Waals surface area contributed by atoms with Crippen LogP contribution >= 0.6 is 11.3 Å². The fraction of sp³-hybridized carbons (Fsp3) is 0.375. The Balaban J connectivity index is 2.14. The molecule has 0 fully saturated rings. The van der Waals surface area contributed by atoms with Gasteiger partial charge in [-0.2, -0.15) is 4.99 Å². The number of carbonyl (C=O) groups excluding carboxylic acids is 1. The number of benzene rings is 1. The molecule has 22 heavy (non-hydrogen) atoms. The number of nitrogens with zero attached hydrogens (tertiary/aromatic N) is 2. The van der Waals surface area contributed by atoms with Gasteiger partial charge in [0.1, 0.15) is 0 Å². The van der Waals surface area contributed by atoms with E-state index in [-0.39, 0.29) is 18.6 Å². The molecule has 3 rings (SSSR count). The highest BCUT2D eigenvalue weighted by atomic mass is 32.1. The minimum atomic E-state index is -0.132. The summed E-state index contributed by atoms with van der Waals surface area (Å²) in [5.41, 5.74) is 0.906. The first-order valence-corrected chi connectivity index (χ1v) is 7.84. The fourth-order valence-electron chi connectivity index (χ4n) is 2.29. The van der Waals surface area contributed by atoms with Gasteiger partial charge in [0.25, 0.3) is 0 Å². The number of thiazole rings is 1. The summed E-state index contributed by atoms with van der Waals surface area (Å²) in [4.78, 5) is 16.8. The number of hydrogen-bond donors (Lipinski definition) is 0. The molecule has 0 saturated heterocycles. The molecule has 0 radical (unpaired) electrons. The topological polar surface area (TPSA) is 52.8 Å². The molecule has 114 valence electrons. The molecule has 0 aliphatic carbocycles. The molecule has 0 unspecified atom stereocenters. The maximum absolute atomic E-state index is 12.0. The summed E-state index contributed by atoms with van der Waals surface area (Å²) in [6.45, 7) is 4.57. The van der Waals surface area contributed by atoms with E-state index < -0.39 is 0 Å². The average Bonchev–Trinajstić information content (AvgIpc) is 3.01. The Labute approximate surface area is 132 Å². The number of terminal acetylenes is 1. The Morgan fingerprint density at radius 1 is 1.45 bits per heavy atom. The molecule has 1 aromatic heterocycles. The molecule has 5 nitrogen and oxygen atoms in total. The smallest absolute Gasteiger partial charge is 0.248 e. The number of hydrogen-bond acceptors (Lipinski definition) is 4. The quantitative estimate of drug-likeness (QED) is 0.818. The molecular weight excluding hydrogens is 300 g/mol. The molecule has 1 aromatic carbocycles. The van der Waals surface area contributed by atoms with E-state index in [4.69, 9.17) is 15.9 Å². The highest BCUT2D eigenvalue weighted by Gasteiger charge is 2.17. The molecule has 2 heterocycles. The SMILES string of the molecule is C#CCn1c(=NC(=O)CC(C)C)sc2cc3c(cc21)OCO3. The van der Waals surface area contributed by atoms with Gasteiger partial charge in [-0.25, -0.2) is 0 Å². The minimum Gasteiger partial charge on any atom is -0.454 e. The third-order valence-electron chi connectivity index (χ3n) is 3.23. The summed E-state index contributed by atoms with van der Waals surface area (Å²) in [6.07, 6.45) is 5.88. The van der Waals surface area contributed by atoms with E-state index in [1.807, 2.05) is 30.5 Å². The Hall–Kier alpha value is -2.26. The molecular formula is C16H16N2O3S. The number of amides is 1. The lowest BCUT2D eigenvalue weighted by Gasteiger charge is -2.02. The highest BCUT2D eigenvalue weighted by Crippen LogP contribution is 2.36. The molecule has 1 aliphatic rings. The lowest BCUT2D eigenvalue weighted by Crippen LogP contribution is -2.16. The molecule has 0 saturated carbocycles. The van der Waals surface area contributed by atoms with Gasteiger partial charge >= 0.3 is 0 Å². The van der Waals surface area contributed by atoms with Crippen LogP contribution in [0.3, 0.4) is 0 Å². The third kappa shape index (κ3) is 2.72. The zero-order chi connectivity index (χ0) is 15.7. The van der Waals surface area contributed by atoms with Gasteiger partial charge in [-0.1, -0.05) is 31.1 Å². The van der Waals surface area contributed by atoms with E-state index in [0.717, 1.165) is 10.2 Å². The van der Waals surface area contributed by atoms with Crippen molar-refractivity contribution in [3.8, 4) is 23.8 Å². The Kier molecular flexibility index (Phi) is 3.90. The zero-order valence-electron chi connectivity index (χ0n) is 12.5. The van der Waals surface area contributed by atoms with Crippen LogP contribution in [-0.4, -0.2) is 17.3 Å². The summed E-state index contributed by atoms with van der Waals surface area (Å²) in [6, 6.07) is 3.79. The van der Waals surface area contributed by atoms with Gasteiger partial charge in [0, 0.05) is 18.6 Å². The number of fused-ring (bicyclic) bond motifs is 2. The van der Waals surface area contributed by atoms with Crippen molar-refractivity contribution < 1.29 is 14.3 Å². The second-order valence-corrected chi connectivity index (χ2v) is 6.46. The Morgan fingerprint density at radius 2 is 2.18 bits per heavy atom. The van der Waals surface area contributed by atoms with Crippen LogP contribution in [0.1, 0.15) is 20.3 Å². The predicted octanol–water partition coefficient (Wildman–Crippen LogP) is 2.54. The maximum Gasteiger partial charge on any atom is 0.248 e. The number of carbonyl (C=O) groups is 1. The summed E-state index contributed by atoms with van der Waals surface area (Å²) >= 11 is 1.43. The van der Waals surface area contributed by atoms with Crippen LogP contribution in [0.4, 0.5) is 0 Å². The van der Waals surface area contributed by atoms with Gasteiger partial charge in [0.2, 0.25) is 12.7 Å². The molecule has 1 aliphatic heterocycles. The largest absolute Gasteiger partial charge is 0.454 e. The zero-order valence-corrected chi connectivity index (χ0v) is 13.3. The van der Waals surface area contributed by atoms with Crippen molar-refractivity contribution in [2.45, 2.75) is 26.8 Å². The second-order valence-electron chi connectivity index (χ2n) is 5.45. The van der Waals surface area contributed by atoms with E-state index in [1.54, 1.807) is 0 Å². The monoisotopic (exact) mass is 316 g/mol. The lowest BCUT2D eigenvalue weighted by molar-refractivity contribution is -0.118. The summed E-state index contributed by atoms with van der Waals surface area (Å²) in [5.74, 6) is 4.15. The Morgan fingerprint density at radius 3 is 2.86 bits per heavy atom. The van der Waals surface area contributed by atoms with E-state index >= 15 is 0 Å². The molecule has 0 spiro atoms. The van der Waals surface area contributed by atoms with Crippen molar-refractivity contribution in [3.63, 3.8) is 0 Å². The van der Waals surface area contributed by atoms with Gasteiger partial charge in [0.15, 0.2) is 16.3 Å². The fourth-order valence-corrected chi connectivity index (χ4v) is 3.35. The first kappa shape index (κ1) is 14.7. The number of ether oxygens (including phenoxy) is 2. The van der Waals surface area contributed by atoms with Gasteiger partial charge in [-0.05, 0) is 5.92 Å². The van der Waals surface area contributed by atoms with Crippen LogP contribution in [0, 0.1) is 18.3 Å². The van der Waals surface area contributed by atoms with Crippen LogP contribution in [0.25, 0.3) is 10.2 Å². The van der Waals surface area contributed by atoms with E-state index in [1.165, 1.54) is 11.3 Å². The second kappa shape index (κ2) is 5.85. The van der Waals surface area contributed by atoms with Gasteiger partial charge in [-0.3, -0.25) is 4.79 Å². The van der Waals surface area contributed by atoms with Crippen LogP contribution in [-0.2, 0) is 11.3 Å². The first-order chi connectivity index (χ1) is 10.6. The van der Waals surface area contributed by atoms with E-state index in [0.29, 0.717) is 29.3 Å². The van der Waals surface area contributed by atoms with E-state index in [2.05, 4.69) is 10.9 Å². The van der Waals surface area contributed by atoms with Gasteiger partial charge < -0.3 is 14.0 Å². The average molecular weight is 316 g/mol. The summed E-state index contributed by atoms with van der Waals surface area (Å²) in [7, 11) is 0. The summed E-state index contributed by atoms with van der Waals surface area (Å²) in [5, 5.41) is 0. The molecule has 0 atom stereocenters. The van der Waals surface area contributed by atoms with Gasteiger partial charge in [0.05, 0.1) is 16.8 Å². The minimum absolute atomic E-state index is 0.132. The van der Waals surface area contributed by atoms with Crippen LogP contribution < -0.4 is 14.3 Å².